The zero-order valence-electron chi connectivity index (χ0n) is 8.00. The predicted molar refractivity (Wildman–Crippen MR) is 48.0 cm³/mol. The number of hydrogen-bond acceptors (Lipinski definition) is 3. The molecule has 0 unspecified atom stereocenters. The number of carbonyl (C=O) groups is 2. The van der Waals surface area contributed by atoms with E-state index in [0.717, 1.165) is 12.8 Å². The molecule has 76 valence electrons. The Hall–Kier alpha value is -1.26. The van der Waals surface area contributed by atoms with Crippen molar-refractivity contribution in [2.75, 3.05) is 6.61 Å². The number of primary amides is 1. The number of nitrogens with two attached hydrogens (primary N) is 1. The van der Waals surface area contributed by atoms with Crippen LogP contribution >= 0.6 is 0 Å². The van der Waals surface area contributed by atoms with Crippen molar-refractivity contribution < 1.29 is 14.3 Å². The number of ether oxygens (including phenoxy) is 1. The maximum absolute atomic E-state index is 11.1. The van der Waals surface area contributed by atoms with Gasteiger partial charge >= 0.3 is 12.0 Å². The molecule has 0 rings (SSSR count). The van der Waals surface area contributed by atoms with Crippen molar-refractivity contribution >= 4 is 12.0 Å². The average Bonchev–Trinajstić information content (AvgIpc) is 2.03. The zero-order chi connectivity index (χ0) is 10.3. The van der Waals surface area contributed by atoms with E-state index in [1.807, 2.05) is 6.92 Å². The summed E-state index contributed by atoms with van der Waals surface area (Å²) in [5, 5.41) is 2.23. The molecule has 0 spiro atoms. The highest BCUT2D eigenvalue weighted by Gasteiger charge is 2.14. The molecule has 0 bridgehead atoms. The molecule has 0 aromatic heterocycles. The van der Waals surface area contributed by atoms with Gasteiger partial charge in [0.05, 0.1) is 6.61 Å². The molecule has 0 saturated heterocycles. The van der Waals surface area contributed by atoms with Crippen molar-refractivity contribution in [2.45, 2.75) is 32.7 Å². The SMILES string of the molecule is CCCCOC(=O)[C@H](C)NC(N)=O. The molecule has 0 heterocycles. The van der Waals surface area contributed by atoms with Crippen LogP contribution in [0.1, 0.15) is 26.7 Å². The number of urea groups is 1. The maximum atomic E-state index is 11.1. The molecule has 0 saturated carbocycles. The van der Waals surface area contributed by atoms with E-state index in [2.05, 4.69) is 5.32 Å². The van der Waals surface area contributed by atoms with E-state index in [9.17, 15) is 9.59 Å². The van der Waals surface area contributed by atoms with Crippen LogP contribution in [-0.2, 0) is 9.53 Å². The molecule has 0 aliphatic rings. The molecule has 5 nitrogen and oxygen atoms in total. The summed E-state index contributed by atoms with van der Waals surface area (Å²) >= 11 is 0. The van der Waals surface area contributed by atoms with Crippen molar-refractivity contribution in [3.63, 3.8) is 0 Å². The van der Waals surface area contributed by atoms with E-state index in [4.69, 9.17) is 10.5 Å². The van der Waals surface area contributed by atoms with Crippen LogP contribution in [0.2, 0.25) is 0 Å². The van der Waals surface area contributed by atoms with E-state index < -0.39 is 18.0 Å². The van der Waals surface area contributed by atoms with Gasteiger partial charge in [-0.05, 0) is 13.3 Å². The molecule has 0 radical (unpaired) electrons. The highest BCUT2D eigenvalue weighted by atomic mass is 16.5. The van der Waals surface area contributed by atoms with Crippen LogP contribution in [0.25, 0.3) is 0 Å². The Kier molecular flexibility index (Phi) is 5.67. The molecule has 0 aliphatic carbocycles. The first kappa shape index (κ1) is 11.7. The van der Waals surface area contributed by atoms with Crippen molar-refractivity contribution in [1.29, 1.82) is 0 Å². The smallest absolute Gasteiger partial charge is 0.328 e. The number of hydrogen-bond donors (Lipinski definition) is 2. The third kappa shape index (κ3) is 5.95. The molecule has 3 N–H and O–H groups in total. The molecule has 2 amide bonds. The Bertz CT molecular complexity index is 182. The summed E-state index contributed by atoms with van der Waals surface area (Å²) in [6, 6.07) is -1.39. The molecule has 1 atom stereocenters. The van der Waals surface area contributed by atoms with Gasteiger partial charge in [-0.15, -0.1) is 0 Å². The largest absolute Gasteiger partial charge is 0.464 e. The van der Waals surface area contributed by atoms with Crippen LogP contribution in [-0.4, -0.2) is 24.6 Å². The molecule has 5 heteroatoms. The third-order valence-electron chi connectivity index (χ3n) is 1.45. The lowest BCUT2D eigenvalue weighted by molar-refractivity contribution is -0.145. The summed E-state index contributed by atoms with van der Waals surface area (Å²) in [6.45, 7) is 3.91. The van der Waals surface area contributed by atoms with E-state index in [1.165, 1.54) is 6.92 Å². The number of nitrogens with one attached hydrogen (secondary N) is 1. The van der Waals surface area contributed by atoms with E-state index >= 15 is 0 Å². The van der Waals surface area contributed by atoms with Gasteiger partial charge in [0.1, 0.15) is 6.04 Å². The van der Waals surface area contributed by atoms with Gasteiger partial charge in [0.2, 0.25) is 0 Å². The lowest BCUT2D eigenvalue weighted by atomic mass is 10.3. The van der Waals surface area contributed by atoms with Crippen LogP contribution < -0.4 is 11.1 Å². The highest BCUT2D eigenvalue weighted by molar-refractivity contribution is 5.82. The number of esters is 1. The molecule has 0 aromatic carbocycles. The van der Waals surface area contributed by atoms with E-state index in [-0.39, 0.29) is 0 Å². The van der Waals surface area contributed by atoms with Crippen LogP contribution in [0.5, 0.6) is 0 Å². The molecule has 0 fully saturated rings. The number of unbranched alkanes of at least 4 members (excludes halogenated alkanes) is 1. The second-order valence-electron chi connectivity index (χ2n) is 2.75. The van der Waals surface area contributed by atoms with Crippen molar-refractivity contribution in [3.05, 3.63) is 0 Å². The van der Waals surface area contributed by atoms with E-state index in [0.29, 0.717) is 6.61 Å². The van der Waals surface area contributed by atoms with E-state index in [1.54, 1.807) is 0 Å². The van der Waals surface area contributed by atoms with Crippen LogP contribution in [0.4, 0.5) is 4.79 Å². The van der Waals surface area contributed by atoms with Gasteiger partial charge in [0.25, 0.3) is 0 Å². The van der Waals surface area contributed by atoms with Crippen molar-refractivity contribution in [2.24, 2.45) is 5.73 Å². The summed E-state index contributed by atoms with van der Waals surface area (Å²) < 4.78 is 4.84. The molecule has 0 aliphatic heterocycles. The first-order chi connectivity index (χ1) is 6.07. The van der Waals surface area contributed by atoms with Crippen LogP contribution in [0.15, 0.2) is 0 Å². The second kappa shape index (κ2) is 6.28. The minimum atomic E-state index is -0.722. The summed E-state index contributed by atoms with van der Waals surface area (Å²) in [7, 11) is 0. The van der Waals surface area contributed by atoms with Gasteiger partial charge in [-0.1, -0.05) is 13.3 Å². The fourth-order valence-corrected chi connectivity index (χ4v) is 0.714. The zero-order valence-corrected chi connectivity index (χ0v) is 8.00. The van der Waals surface area contributed by atoms with Crippen LogP contribution in [0, 0.1) is 0 Å². The highest BCUT2D eigenvalue weighted by Crippen LogP contribution is 1.92. The third-order valence-corrected chi connectivity index (χ3v) is 1.45. The van der Waals surface area contributed by atoms with Crippen molar-refractivity contribution in [3.8, 4) is 0 Å². The fourth-order valence-electron chi connectivity index (χ4n) is 0.714. The average molecular weight is 188 g/mol. The molecular formula is C8H16N2O3. The standard InChI is InChI=1S/C8H16N2O3/c1-3-4-5-13-7(11)6(2)10-8(9)12/h6H,3-5H2,1-2H3,(H3,9,10,12)/t6-/m0/s1. The summed E-state index contributed by atoms with van der Waals surface area (Å²) in [6.07, 6.45) is 1.79. The predicted octanol–water partition coefficient (Wildman–Crippen LogP) is 0.387. The monoisotopic (exact) mass is 188 g/mol. The Morgan fingerprint density at radius 1 is 1.54 bits per heavy atom. The van der Waals surface area contributed by atoms with Crippen molar-refractivity contribution in [1.82, 2.24) is 5.32 Å². The van der Waals surface area contributed by atoms with Gasteiger partial charge in [0.15, 0.2) is 0 Å². The number of amides is 2. The summed E-state index contributed by atoms with van der Waals surface area (Å²) in [5.74, 6) is -0.452. The first-order valence-electron chi connectivity index (χ1n) is 4.30. The normalized spacial score (nSPS) is 11.8. The minimum Gasteiger partial charge on any atom is -0.464 e. The van der Waals surface area contributed by atoms with Gasteiger partial charge in [-0.2, -0.15) is 0 Å². The van der Waals surface area contributed by atoms with Gasteiger partial charge < -0.3 is 15.8 Å². The molecular weight excluding hydrogens is 172 g/mol. The Morgan fingerprint density at radius 3 is 2.62 bits per heavy atom. The lowest BCUT2D eigenvalue weighted by Gasteiger charge is -2.10. The maximum Gasteiger partial charge on any atom is 0.328 e. The summed E-state index contributed by atoms with van der Waals surface area (Å²) in [4.78, 5) is 21.4. The molecule has 0 aromatic rings. The Labute approximate surface area is 77.6 Å². The topological polar surface area (TPSA) is 81.4 Å². The number of rotatable bonds is 5. The van der Waals surface area contributed by atoms with Crippen LogP contribution in [0.3, 0.4) is 0 Å². The van der Waals surface area contributed by atoms with Gasteiger partial charge in [-0.3, -0.25) is 0 Å². The minimum absolute atomic E-state index is 0.389. The molecule has 13 heavy (non-hydrogen) atoms. The Balaban J connectivity index is 3.63. The first-order valence-corrected chi connectivity index (χ1v) is 4.30. The van der Waals surface area contributed by atoms with Gasteiger partial charge in [-0.25, -0.2) is 9.59 Å². The second-order valence-corrected chi connectivity index (χ2v) is 2.75. The quantitative estimate of drug-likeness (QED) is 0.483. The summed E-state index contributed by atoms with van der Waals surface area (Å²) in [5.41, 5.74) is 4.83. The fraction of sp³-hybridized carbons (Fsp3) is 0.750. The van der Waals surface area contributed by atoms with Gasteiger partial charge in [0, 0.05) is 0 Å². The Morgan fingerprint density at radius 2 is 2.15 bits per heavy atom. The lowest BCUT2D eigenvalue weighted by Crippen LogP contribution is -2.42. The number of carbonyl (C=O) groups excluding carboxylic acids is 2.